The number of hydrogen-bond acceptors (Lipinski definition) is 11. The molecule has 14 heteroatoms. The molecule has 1 N–H and O–H groups in total. The zero-order chi connectivity index (χ0) is 50.1. The van der Waals surface area contributed by atoms with E-state index in [9.17, 15) is 14.7 Å². The van der Waals surface area contributed by atoms with Gasteiger partial charge in [0.15, 0.2) is 14.1 Å². The minimum absolute atomic E-state index is 0.0351. The van der Waals surface area contributed by atoms with Gasteiger partial charge in [0.25, 0.3) is 0 Å². The fraction of sp³-hybridized carbons (Fsp3) is 0.846. The van der Waals surface area contributed by atoms with Crippen LogP contribution in [0.5, 0.6) is 0 Å². The standard InChI is InChI=1S/C52H96O11Si3/c1-36(2)45-39(5)25-26-51(62-45)34-42(63-66(18,19)50(7,8)9)33-41(61-51)24-23-38(4)31-37(3)21-20-22-43(48(53)57-11)52(55)44(49(54)59-28-30-65(15,16)17)32-40(6)46(56-10)47(52)60-35-58-27-29-64(12,13)14/h20-23,36-37,39-42,44-47,55H,24-35H2,1-19H3/b21-20-,38-23+,43-22+/t37-,39-,40+,41+,42-,44+,45+,46-,47-,51+,52-/m0/s1. The number of esters is 2. The molecule has 0 amide bonds. The Balaban J connectivity index is 1.92. The average molecular weight is 982 g/mol. The zero-order valence-corrected chi connectivity index (χ0v) is 48.1. The second-order valence-electron chi connectivity index (χ2n) is 24.6. The lowest BCUT2D eigenvalue weighted by Gasteiger charge is -2.52. The molecule has 2 heterocycles. The number of allylic oxidation sites excluding steroid dienone is 4. The molecule has 382 valence electrons. The van der Waals surface area contributed by atoms with Crippen LogP contribution >= 0.6 is 0 Å². The Bertz CT molecular complexity index is 1640. The van der Waals surface area contributed by atoms with Crippen molar-refractivity contribution in [2.75, 3.05) is 34.2 Å². The molecule has 2 aliphatic heterocycles. The van der Waals surface area contributed by atoms with Crippen LogP contribution in [0.3, 0.4) is 0 Å². The van der Waals surface area contributed by atoms with Gasteiger partial charge < -0.3 is 42.7 Å². The van der Waals surface area contributed by atoms with Gasteiger partial charge >= 0.3 is 11.9 Å². The third kappa shape index (κ3) is 16.9. The summed E-state index contributed by atoms with van der Waals surface area (Å²) in [7, 11) is -2.13. The van der Waals surface area contributed by atoms with Crippen molar-refractivity contribution in [2.45, 2.75) is 219 Å². The third-order valence-corrected chi connectivity index (χ3v) is 22.5. The SMILES string of the molecule is COC(=O)/C(=C\C=C/[C@H](C)C/C(C)=C/C[C@@H]1C[C@H](O[Si](C)(C)C(C)(C)C)C[C@]2(CC[C@H](C)[C@@H](C(C)C)O2)O1)[C@]1(O)[C@@H](C(=O)OCC[Si](C)(C)C)C[C@@H](C)[C@H](OC)[C@@H]1OCOCC[Si](C)(C)C. The van der Waals surface area contributed by atoms with Crippen LogP contribution < -0.4 is 0 Å². The molecular formula is C52H96O11Si3. The Hall–Kier alpha value is -1.47. The molecule has 1 aliphatic carbocycles. The molecule has 1 spiro atoms. The maximum Gasteiger partial charge on any atom is 0.336 e. The molecule has 1 saturated carbocycles. The van der Waals surface area contributed by atoms with Gasteiger partial charge in [0.05, 0.1) is 49.6 Å². The van der Waals surface area contributed by atoms with Crippen LogP contribution in [0.1, 0.15) is 107 Å². The van der Waals surface area contributed by atoms with Gasteiger partial charge in [-0.3, -0.25) is 4.79 Å². The number of aliphatic hydroxyl groups is 1. The van der Waals surface area contributed by atoms with Crippen LogP contribution in [0, 0.1) is 29.6 Å². The van der Waals surface area contributed by atoms with Crippen LogP contribution in [-0.4, -0.2) is 118 Å². The molecule has 3 rings (SSSR count). The predicted octanol–water partition coefficient (Wildman–Crippen LogP) is 11.7. The van der Waals surface area contributed by atoms with Gasteiger partial charge in [-0.25, -0.2) is 4.79 Å². The maximum absolute atomic E-state index is 14.1. The van der Waals surface area contributed by atoms with E-state index in [2.05, 4.69) is 114 Å². The Kier molecular flexibility index (Phi) is 21.9. The van der Waals surface area contributed by atoms with Crippen molar-refractivity contribution in [3.05, 3.63) is 35.5 Å². The van der Waals surface area contributed by atoms with Crippen LogP contribution in [0.15, 0.2) is 35.5 Å². The molecule has 3 fully saturated rings. The normalized spacial score (nSPS) is 31.4. The molecular weight excluding hydrogens is 885 g/mol. The molecule has 0 radical (unpaired) electrons. The van der Waals surface area contributed by atoms with Crippen LogP contribution in [0.2, 0.25) is 69.5 Å². The maximum atomic E-state index is 14.1. The van der Waals surface area contributed by atoms with Crippen molar-refractivity contribution in [3.8, 4) is 0 Å². The second-order valence-corrected chi connectivity index (χ2v) is 40.5. The summed E-state index contributed by atoms with van der Waals surface area (Å²) in [6.45, 7) is 38.6. The van der Waals surface area contributed by atoms with Gasteiger partial charge in [0.1, 0.15) is 18.5 Å². The summed E-state index contributed by atoms with van der Waals surface area (Å²) in [6, 6.07) is 1.70. The highest BCUT2D eigenvalue weighted by molar-refractivity contribution is 6.76. The molecule has 66 heavy (non-hydrogen) atoms. The number of hydrogen-bond donors (Lipinski definition) is 1. The van der Waals surface area contributed by atoms with E-state index in [0.29, 0.717) is 18.4 Å². The van der Waals surface area contributed by atoms with Gasteiger partial charge in [-0.15, -0.1) is 0 Å². The first-order valence-electron chi connectivity index (χ1n) is 25.2. The van der Waals surface area contributed by atoms with E-state index in [1.807, 2.05) is 13.0 Å². The fourth-order valence-corrected chi connectivity index (χ4v) is 12.4. The molecule has 0 aromatic carbocycles. The van der Waals surface area contributed by atoms with Crippen LogP contribution in [0.25, 0.3) is 0 Å². The Morgan fingerprint density at radius 3 is 2.12 bits per heavy atom. The van der Waals surface area contributed by atoms with Gasteiger partial charge in [0, 0.05) is 42.7 Å². The first-order chi connectivity index (χ1) is 30.4. The molecule has 0 bridgehead atoms. The summed E-state index contributed by atoms with van der Waals surface area (Å²) >= 11 is 0. The quantitative estimate of drug-likeness (QED) is 0.0212. The van der Waals surface area contributed by atoms with Crippen molar-refractivity contribution in [1.29, 1.82) is 0 Å². The van der Waals surface area contributed by atoms with Gasteiger partial charge in [-0.2, -0.15) is 0 Å². The highest BCUT2D eigenvalue weighted by Gasteiger charge is 2.61. The van der Waals surface area contributed by atoms with E-state index < -0.39 is 65.9 Å². The summed E-state index contributed by atoms with van der Waals surface area (Å²) < 4.78 is 50.6. The molecule has 3 aliphatic rings. The van der Waals surface area contributed by atoms with Crippen molar-refractivity contribution in [3.63, 3.8) is 0 Å². The minimum atomic E-state index is -2.15. The predicted molar refractivity (Wildman–Crippen MR) is 274 cm³/mol. The molecule has 0 unspecified atom stereocenters. The fourth-order valence-electron chi connectivity index (χ4n) is 9.57. The van der Waals surface area contributed by atoms with Gasteiger partial charge in [0.2, 0.25) is 0 Å². The third-order valence-electron chi connectivity index (χ3n) is 14.6. The van der Waals surface area contributed by atoms with E-state index in [0.717, 1.165) is 50.6 Å². The zero-order valence-electron chi connectivity index (χ0n) is 45.1. The van der Waals surface area contributed by atoms with E-state index >= 15 is 0 Å². The number of methoxy groups -OCH3 is 2. The molecule has 0 aromatic rings. The Morgan fingerprint density at radius 1 is 0.909 bits per heavy atom. The molecule has 11 atom stereocenters. The van der Waals surface area contributed by atoms with Gasteiger partial charge in [-0.1, -0.05) is 118 Å². The van der Waals surface area contributed by atoms with Crippen LogP contribution in [-0.2, 0) is 47.2 Å². The van der Waals surface area contributed by atoms with Crippen molar-refractivity contribution in [2.24, 2.45) is 29.6 Å². The molecule has 2 saturated heterocycles. The summed E-state index contributed by atoms with van der Waals surface area (Å²) in [5.74, 6) is -2.37. The lowest BCUT2D eigenvalue weighted by molar-refractivity contribution is -0.338. The molecule has 11 nitrogen and oxygen atoms in total. The second kappa shape index (κ2) is 24.6. The monoisotopic (exact) mass is 981 g/mol. The van der Waals surface area contributed by atoms with E-state index in [-0.39, 0.29) is 60.6 Å². The van der Waals surface area contributed by atoms with Crippen LogP contribution in [0.4, 0.5) is 0 Å². The summed E-state index contributed by atoms with van der Waals surface area (Å²) in [5.41, 5.74) is -1.02. The minimum Gasteiger partial charge on any atom is -0.466 e. The summed E-state index contributed by atoms with van der Waals surface area (Å²) in [6.07, 6.45) is 11.3. The van der Waals surface area contributed by atoms with E-state index in [1.165, 1.54) is 12.7 Å². The first-order valence-corrected chi connectivity index (χ1v) is 35.5. The highest BCUT2D eigenvalue weighted by atomic mass is 28.4. The van der Waals surface area contributed by atoms with Crippen molar-refractivity contribution in [1.82, 2.24) is 0 Å². The van der Waals surface area contributed by atoms with Crippen molar-refractivity contribution < 1.29 is 52.3 Å². The lowest BCUT2D eigenvalue weighted by atomic mass is 9.64. The Labute approximate surface area is 405 Å². The van der Waals surface area contributed by atoms with E-state index in [1.54, 1.807) is 19.3 Å². The number of carbonyl (C=O) groups is 2. The van der Waals surface area contributed by atoms with Crippen molar-refractivity contribution >= 4 is 36.4 Å². The number of carbonyl (C=O) groups excluding carboxylic acids is 2. The smallest absolute Gasteiger partial charge is 0.336 e. The average Bonchev–Trinajstić information content (AvgIpc) is 3.18. The first kappa shape index (κ1) is 58.8. The number of rotatable bonds is 22. The number of ether oxygens (including phenoxy) is 7. The van der Waals surface area contributed by atoms with Gasteiger partial charge in [-0.05, 0) is 99.0 Å². The summed E-state index contributed by atoms with van der Waals surface area (Å²) in [5, 5.41) is 13.2. The largest absolute Gasteiger partial charge is 0.466 e. The van der Waals surface area contributed by atoms with E-state index in [4.69, 9.17) is 37.6 Å². The molecule has 0 aromatic heterocycles. The Morgan fingerprint density at radius 2 is 1.55 bits per heavy atom. The topological polar surface area (TPSA) is 128 Å². The summed E-state index contributed by atoms with van der Waals surface area (Å²) in [4.78, 5) is 28.0. The lowest BCUT2D eigenvalue weighted by Crippen LogP contribution is -2.65. The highest BCUT2D eigenvalue weighted by Crippen LogP contribution is 2.48.